The Bertz CT molecular complexity index is 666. The number of aryl methyl sites for hydroxylation is 1. The molecule has 0 bridgehead atoms. The highest BCUT2D eigenvalue weighted by atomic mass is 19.1. The molecule has 0 aliphatic carbocycles. The van der Waals surface area contributed by atoms with Crippen molar-refractivity contribution in [1.82, 2.24) is 0 Å². The summed E-state index contributed by atoms with van der Waals surface area (Å²) in [4.78, 5) is 11.9. The second-order valence-corrected chi connectivity index (χ2v) is 4.28. The van der Waals surface area contributed by atoms with E-state index in [1.807, 2.05) is 0 Å². The SMILES string of the molecule is Cc1ccc(F)c(C(=O)Nc2cc(N)cc(F)c2)c1F. The second-order valence-electron chi connectivity index (χ2n) is 4.28. The van der Waals surface area contributed by atoms with Crippen molar-refractivity contribution in [2.75, 3.05) is 11.1 Å². The number of carbonyl (C=O) groups excluding carboxylic acids is 1. The lowest BCUT2D eigenvalue weighted by Gasteiger charge is -2.09. The molecule has 2 aromatic rings. The zero-order valence-corrected chi connectivity index (χ0v) is 10.5. The van der Waals surface area contributed by atoms with E-state index in [-0.39, 0.29) is 16.9 Å². The largest absolute Gasteiger partial charge is 0.399 e. The molecule has 0 spiro atoms. The third kappa shape index (κ3) is 2.74. The molecule has 0 aliphatic heterocycles. The van der Waals surface area contributed by atoms with Gasteiger partial charge in [0.25, 0.3) is 5.91 Å². The van der Waals surface area contributed by atoms with Gasteiger partial charge in [-0.15, -0.1) is 0 Å². The molecule has 104 valence electrons. The van der Waals surface area contributed by atoms with Crippen molar-refractivity contribution >= 4 is 17.3 Å². The fourth-order valence-corrected chi connectivity index (χ4v) is 1.74. The molecular weight excluding hydrogens is 269 g/mol. The van der Waals surface area contributed by atoms with Gasteiger partial charge in [0.15, 0.2) is 0 Å². The fourth-order valence-electron chi connectivity index (χ4n) is 1.74. The maximum Gasteiger partial charge on any atom is 0.261 e. The van der Waals surface area contributed by atoms with Crippen LogP contribution in [0, 0.1) is 24.4 Å². The molecule has 0 radical (unpaired) electrons. The third-order valence-electron chi connectivity index (χ3n) is 2.69. The van der Waals surface area contributed by atoms with Gasteiger partial charge in [-0.3, -0.25) is 4.79 Å². The van der Waals surface area contributed by atoms with Crippen LogP contribution in [0.5, 0.6) is 0 Å². The predicted molar refractivity (Wildman–Crippen MR) is 69.9 cm³/mol. The smallest absolute Gasteiger partial charge is 0.261 e. The molecule has 2 rings (SSSR count). The van der Waals surface area contributed by atoms with Crippen LogP contribution < -0.4 is 11.1 Å². The molecule has 3 N–H and O–H groups in total. The van der Waals surface area contributed by atoms with Crippen LogP contribution in [0.3, 0.4) is 0 Å². The Balaban J connectivity index is 2.35. The van der Waals surface area contributed by atoms with E-state index < -0.39 is 28.9 Å². The first-order valence-electron chi connectivity index (χ1n) is 5.70. The van der Waals surface area contributed by atoms with Crippen molar-refractivity contribution in [1.29, 1.82) is 0 Å². The van der Waals surface area contributed by atoms with Crippen LogP contribution in [0.25, 0.3) is 0 Å². The van der Waals surface area contributed by atoms with E-state index in [9.17, 15) is 18.0 Å². The minimum absolute atomic E-state index is 0.0211. The summed E-state index contributed by atoms with van der Waals surface area (Å²) in [6, 6.07) is 5.56. The molecule has 20 heavy (non-hydrogen) atoms. The molecule has 0 unspecified atom stereocenters. The number of carbonyl (C=O) groups is 1. The molecule has 0 saturated heterocycles. The first kappa shape index (κ1) is 13.9. The number of nitrogens with two attached hydrogens (primary N) is 1. The summed E-state index contributed by atoms with van der Waals surface area (Å²) in [6.07, 6.45) is 0. The number of hydrogen-bond donors (Lipinski definition) is 2. The van der Waals surface area contributed by atoms with Gasteiger partial charge in [-0.05, 0) is 36.8 Å². The van der Waals surface area contributed by atoms with Crippen LogP contribution >= 0.6 is 0 Å². The maximum atomic E-state index is 13.8. The number of anilines is 2. The van der Waals surface area contributed by atoms with Gasteiger partial charge < -0.3 is 11.1 Å². The van der Waals surface area contributed by atoms with Gasteiger partial charge in [0.2, 0.25) is 0 Å². The van der Waals surface area contributed by atoms with Gasteiger partial charge in [-0.1, -0.05) is 6.07 Å². The highest BCUT2D eigenvalue weighted by Gasteiger charge is 2.19. The van der Waals surface area contributed by atoms with E-state index in [0.717, 1.165) is 18.2 Å². The van der Waals surface area contributed by atoms with E-state index in [4.69, 9.17) is 5.73 Å². The van der Waals surface area contributed by atoms with Gasteiger partial charge in [0.05, 0.1) is 0 Å². The third-order valence-corrected chi connectivity index (χ3v) is 2.69. The summed E-state index contributed by atoms with van der Waals surface area (Å²) in [7, 11) is 0. The van der Waals surface area contributed by atoms with Gasteiger partial charge in [-0.25, -0.2) is 13.2 Å². The van der Waals surface area contributed by atoms with Gasteiger partial charge in [0.1, 0.15) is 23.0 Å². The first-order chi connectivity index (χ1) is 9.38. The topological polar surface area (TPSA) is 55.1 Å². The van der Waals surface area contributed by atoms with Crippen LogP contribution in [0.4, 0.5) is 24.5 Å². The lowest BCUT2D eigenvalue weighted by atomic mass is 10.1. The summed E-state index contributed by atoms with van der Waals surface area (Å²) >= 11 is 0. The molecule has 2 aromatic carbocycles. The summed E-state index contributed by atoms with van der Waals surface area (Å²) in [5.74, 6) is -3.61. The number of hydrogen-bond acceptors (Lipinski definition) is 2. The number of halogens is 3. The number of amides is 1. The van der Waals surface area contributed by atoms with Crippen LogP contribution in [-0.2, 0) is 0 Å². The molecule has 0 aromatic heterocycles. The normalized spacial score (nSPS) is 10.4. The Hall–Kier alpha value is -2.50. The molecule has 3 nitrogen and oxygen atoms in total. The van der Waals surface area contributed by atoms with E-state index in [1.54, 1.807) is 0 Å². The highest BCUT2D eigenvalue weighted by molar-refractivity contribution is 6.05. The lowest BCUT2D eigenvalue weighted by Crippen LogP contribution is -2.16. The van der Waals surface area contributed by atoms with Crippen molar-refractivity contribution in [3.05, 3.63) is 58.9 Å². The summed E-state index contributed by atoms with van der Waals surface area (Å²) in [6.45, 7) is 1.41. The number of nitrogens with one attached hydrogen (secondary N) is 1. The van der Waals surface area contributed by atoms with E-state index >= 15 is 0 Å². The molecule has 0 fully saturated rings. The van der Waals surface area contributed by atoms with Crippen LogP contribution in [-0.4, -0.2) is 5.91 Å². The molecule has 6 heteroatoms. The lowest BCUT2D eigenvalue weighted by molar-refractivity contribution is 0.101. The zero-order chi connectivity index (χ0) is 14.9. The monoisotopic (exact) mass is 280 g/mol. The second kappa shape index (κ2) is 5.24. The van der Waals surface area contributed by atoms with Crippen LogP contribution in [0.2, 0.25) is 0 Å². The molecular formula is C14H11F3N2O. The van der Waals surface area contributed by atoms with Gasteiger partial charge in [-0.2, -0.15) is 0 Å². The van der Waals surface area contributed by atoms with Gasteiger partial charge >= 0.3 is 0 Å². The Morgan fingerprint density at radius 2 is 1.85 bits per heavy atom. The molecule has 1 amide bonds. The zero-order valence-electron chi connectivity index (χ0n) is 10.5. The Labute approximate surface area is 113 Å². The Kier molecular flexibility index (Phi) is 3.65. The van der Waals surface area contributed by atoms with Crippen molar-refractivity contribution in [3.63, 3.8) is 0 Å². The Morgan fingerprint density at radius 1 is 1.15 bits per heavy atom. The quantitative estimate of drug-likeness (QED) is 0.830. The summed E-state index contributed by atoms with van der Waals surface area (Å²) in [5, 5.41) is 2.21. The fraction of sp³-hybridized carbons (Fsp3) is 0.0714. The first-order valence-corrected chi connectivity index (χ1v) is 5.70. The molecule has 0 atom stereocenters. The average molecular weight is 280 g/mol. The van der Waals surface area contributed by atoms with Gasteiger partial charge in [0, 0.05) is 11.4 Å². The van der Waals surface area contributed by atoms with Crippen molar-refractivity contribution in [2.24, 2.45) is 0 Å². The predicted octanol–water partition coefficient (Wildman–Crippen LogP) is 3.25. The summed E-state index contributed by atoms with van der Waals surface area (Å²) in [5.41, 5.74) is 4.95. The van der Waals surface area contributed by atoms with E-state index in [2.05, 4.69) is 5.32 Å². The number of rotatable bonds is 2. The molecule has 0 heterocycles. The van der Waals surface area contributed by atoms with Crippen molar-refractivity contribution < 1.29 is 18.0 Å². The minimum atomic E-state index is -1.01. The average Bonchev–Trinajstić information content (AvgIpc) is 2.33. The van der Waals surface area contributed by atoms with E-state index in [1.165, 1.54) is 19.1 Å². The van der Waals surface area contributed by atoms with Crippen LogP contribution in [0.15, 0.2) is 30.3 Å². The summed E-state index contributed by atoms with van der Waals surface area (Å²) < 4.78 is 40.4. The standard InChI is InChI=1S/C14H11F3N2O/c1-7-2-3-11(16)12(13(7)17)14(20)19-10-5-8(15)4-9(18)6-10/h2-6H,18H2,1H3,(H,19,20). The van der Waals surface area contributed by atoms with E-state index in [0.29, 0.717) is 0 Å². The molecule has 0 aliphatic rings. The highest BCUT2D eigenvalue weighted by Crippen LogP contribution is 2.20. The Morgan fingerprint density at radius 3 is 2.50 bits per heavy atom. The maximum absolute atomic E-state index is 13.8. The molecule has 0 saturated carbocycles. The van der Waals surface area contributed by atoms with Crippen molar-refractivity contribution in [3.8, 4) is 0 Å². The van der Waals surface area contributed by atoms with Crippen LogP contribution in [0.1, 0.15) is 15.9 Å². The number of benzene rings is 2. The number of nitrogen functional groups attached to an aromatic ring is 1. The van der Waals surface area contributed by atoms with Crippen molar-refractivity contribution in [2.45, 2.75) is 6.92 Å². The minimum Gasteiger partial charge on any atom is -0.399 e.